The van der Waals surface area contributed by atoms with Crippen molar-refractivity contribution in [2.75, 3.05) is 13.7 Å². The maximum atomic E-state index is 11.9. The van der Waals surface area contributed by atoms with Gasteiger partial charge in [-0.25, -0.2) is 0 Å². The standard InChI is InChI=1S/C14H21NO2S/c1-10-7-8-13(18-10)12(17-2)9-15-14(16)11-5-3-4-6-11/h7-8,11-12H,3-6,9H2,1-2H3,(H,15,16). The zero-order valence-electron chi connectivity index (χ0n) is 11.1. The summed E-state index contributed by atoms with van der Waals surface area (Å²) in [6.45, 7) is 2.66. The van der Waals surface area contributed by atoms with Crippen LogP contribution in [0, 0.1) is 12.8 Å². The molecule has 1 aromatic rings. The minimum absolute atomic E-state index is 0.0194. The number of amides is 1. The van der Waals surface area contributed by atoms with Gasteiger partial charge in [0.1, 0.15) is 6.10 Å². The third-order valence-electron chi connectivity index (χ3n) is 3.55. The molecular formula is C14H21NO2S. The van der Waals surface area contributed by atoms with Gasteiger partial charge in [0.25, 0.3) is 0 Å². The average Bonchev–Trinajstić information content (AvgIpc) is 3.01. The molecule has 1 fully saturated rings. The van der Waals surface area contributed by atoms with Crippen molar-refractivity contribution < 1.29 is 9.53 Å². The average molecular weight is 267 g/mol. The van der Waals surface area contributed by atoms with E-state index in [1.807, 2.05) is 0 Å². The van der Waals surface area contributed by atoms with Gasteiger partial charge in [-0.1, -0.05) is 12.8 Å². The van der Waals surface area contributed by atoms with E-state index in [0.717, 1.165) is 12.8 Å². The molecule has 18 heavy (non-hydrogen) atoms. The number of methoxy groups -OCH3 is 1. The molecule has 0 saturated heterocycles. The number of hydrogen-bond donors (Lipinski definition) is 1. The monoisotopic (exact) mass is 267 g/mol. The molecule has 1 heterocycles. The van der Waals surface area contributed by atoms with Crippen LogP contribution >= 0.6 is 11.3 Å². The second-order valence-electron chi connectivity index (χ2n) is 4.90. The first kappa shape index (κ1) is 13.6. The lowest BCUT2D eigenvalue weighted by molar-refractivity contribution is -0.125. The topological polar surface area (TPSA) is 38.3 Å². The molecule has 1 N–H and O–H groups in total. The smallest absolute Gasteiger partial charge is 0.223 e. The highest BCUT2D eigenvalue weighted by atomic mass is 32.1. The molecule has 0 bridgehead atoms. The largest absolute Gasteiger partial charge is 0.374 e. The molecule has 1 atom stereocenters. The third-order valence-corrected chi connectivity index (χ3v) is 4.64. The number of rotatable bonds is 5. The van der Waals surface area contributed by atoms with Crippen LogP contribution in [0.2, 0.25) is 0 Å². The Morgan fingerprint density at radius 3 is 2.78 bits per heavy atom. The molecule has 4 heteroatoms. The van der Waals surface area contributed by atoms with Gasteiger partial charge < -0.3 is 10.1 Å². The molecular weight excluding hydrogens is 246 g/mol. The molecule has 1 unspecified atom stereocenters. The fourth-order valence-electron chi connectivity index (χ4n) is 2.45. The summed E-state index contributed by atoms with van der Waals surface area (Å²) in [6, 6.07) is 4.17. The number of hydrogen-bond acceptors (Lipinski definition) is 3. The summed E-state index contributed by atoms with van der Waals surface area (Å²) in [5.74, 6) is 0.426. The molecule has 1 aliphatic rings. The Morgan fingerprint density at radius 1 is 1.50 bits per heavy atom. The van der Waals surface area contributed by atoms with E-state index in [4.69, 9.17) is 4.74 Å². The van der Waals surface area contributed by atoms with Gasteiger partial charge >= 0.3 is 0 Å². The van der Waals surface area contributed by atoms with Crippen molar-refractivity contribution in [1.29, 1.82) is 0 Å². The first-order chi connectivity index (χ1) is 8.70. The van der Waals surface area contributed by atoms with E-state index in [2.05, 4.69) is 24.4 Å². The summed E-state index contributed by atoms with van der Waals surface area (Å²) in [6.07, 6.45) is 4.45. The van der Waals surface area contributed by atoms with Crippen molar-refractivity contribution in [2.45, 2.75) is 38.7 Å². The van der Waals surface area contributed by atoms with Crippen LogP contribution < -0.4 is 5.32 Å². The van der Waals surface area contributed by atoms with Gasteiger partial charge in [-0.15, -0.1) is 11.3 Å². The first-order valence-electron chi connectivity index (χ1n) is 6.57. The van der Waals surface area contributed by atoms with Crippen LogP contribution in [0.15, 0.2) is 12.1 Å². The lowest BCUT2D eigenvalue weighted by Crippen LogP contribution is -2.33. The molecule has 1 amide bonds. The minimum Gasteiger partial charge on any atom is -0.374 e. The Hall–Kier alpha value is -0.870. The van der Waals surface area contributed by atoms with Crippen LogP contribution in [0.5, 0.6) is 0 Å². The quantitative estimate of drug-likeness (QED) is 0.890. The first-order valence-corrected chi connectivity index (χ1v) is 7.39. The summed E-state index contributed by atoms with van der Waals surface area (Å²) in [7, 11) is 1.70. The third kappa shape index (κ3) is 3.33. The Bertz CT molecular complexity index is 396. The highest BCUT2D eigenvalue weighted by Crippen LogP contribution is 2.26. The predicted octanol–water partition coefficient (Wildman–Crippen LogP) is 3.05. The molecule has 1 aliphatic carbocycles. The Labute approximate surface area is 113 Å². The minimum atomic E-state index is -0.0194. The summed E-state index contributed by atoms with van der Waals surface area (Å²) in [5.41, 5.74) is 0. The van der Waals surface area contributed by atoms with Gasteiger partial charge in [-0.3, -0.25) is 4.79 Å². The number of carbonyl (C=O) groups excluding carboxylic acids is 1. The van der Waals surface area contributed by atoms with Gasteiger partial charge in [0.15, 0.2) is 0 Å². The summed E-state index contributed by atoms with van der Waals surface area (Å²) in [4.78, 5) is 14.4. The normalized spacial score (nSPS) is 17.9. The van der Waals surface area contributed by atoms with Crippen molar-refractivity contribution in [3.8, 4) is 0 Å². The van der Waals surface area contributed by atoms with Crippen molar-refractivity contribution in [2.24, 2.45) is 5.92 Å². The van der Waals surface area contributed by atoms with Crippen molar-refractivity contribution >= 4 is 17.2 Å². The number of ether oxygens (including phenoxy) is 1. The van der Waals surface area contributed by atoms with Crippen molar-refractivity contribution in [3.63, 3.8) is 0 Å². The molecule has 1 saturated carbocycles. The molecule has 100 valence electrons. The van der Waals surface area contributed by atoms with Crippen LogP contribution in [-0.4, -0.2) is 19.6 Å². The molecule has 2 rings (SSSR count). The second kappa shape index (κ2) is 6.34. The zero-order valence-corrected chi connectivity index (χ0v) is 11.9. The van der Waals surface area contributed by atoms with E-state index in [1.165, 1.54) is 22.6 Å². The fourth-order valence-corrected chi connectivity index (χ4v) is 3.41. The number of carbonyl (C=O) groups is 1. The van der Waals surface area contributed by atoms with E-state index in [9.17, 15) is 4.79 Å². The zero-order chi connectivity index (χ0) is 13.0. The maximum absolute atomic E-state index is 11.9. The summed E-state index contributed by atoms with van der Waals surface area (Å²) >= 11 is 1.73. The fraction of sp³-hybridized carbons (Fsp3) is 0.643. The molecule has 0 aromatic carbocycles. The van der Waals surface area contributed by atoms with E-state index in [0.29, 0.717) is 6.54 Å². The highest BCUT2D eigenvalue weighted by molar-refractivity contribution is 7.12. The van der Waals surface area contributed by atoms with Crippen LogP contribution in [0.25, 0.3) is 0 Å². The van der Waals surface area contributed by atoms with E-state index < -0.39 is 0 Å². The predicted molar refractivity (Wildman–Crippen MR) is 73.8 cm³/mol. The highest BCUT2D eigenvalue weighted by Gasteiger charge is 2.23. The molecule has 0 radical (unpaired) electrons. The van der Waals surface area contributed by atoms with E-state index >= 15 is 0 Å². The van der Waals surface area contributed by atoms with Crippen molar-refractivity contribution in [1.82, 2.24) is 5.32 Å². The van der Waals surface area contributed by atoms with E-state index in [-0.39, 0.29) is 17.9 Å². The van der Waals surface area contributed by atoms with E-state index in [1.54, 1.807) is 18.4 Å². The number of aryl methyl sites for hydroxylation is 1. The van der Waals surface area contributed by atoms with Gasteiger partial charge in [-0.2, -0.15) is 0 Å². The Kier molecular flexibility index (Phi) is 4.78. The second-order valence-corrected chi connectivity index (χ2v) is 6.22. The van der Waals surface area contributed by atoms with Gasteiger partial charge in [0.05, 0.1) is 0 Å². The maximum Gasteiger partial charge on any atom is 0.223 e. The Morgan fingerprint density at radius 2 is 2.22 bits per heavy atom. The van der Waals surface area contributed by atoms with Crippen molar-refractivity contribution in [3.05, 3.63) is 21.9 Å². The van der Waals surface area contributed by atoms with Crippen LogP contribution in [0.3, 0.4) is 0 Å². The summed E-state index contributed by atoms with van der Waals surface area (Å²) in [5, 5.41) is 3.03. The van der Waals surface area contributed by atoms with Crippen LogP contribution in [0.1, 0.15) is 41.5 Å². The molecule has 0 aliphatic heterocycles. The Balaban J connectivity index is 1.85. The molecule has 0 spiro atoms. The van der Waals surface area contributed by atoms with Crippen LogP contribution in [0.4, 0.5) is 0 Å². The molecule has 1 aromatic heterocycles. The van der Waals surface area contributed by atoms with Crippen LogP contribution in [-0.2, 0) is 9.53 Å². The lowest BCUT2D eigenvalue weighted by atomic mass is 10.1. The lowest BCUT2D eigenvalue weighted by Gasteiger charge is -2.16. The van der Waals surface area contributed by atoms with Gasteiger partial charge in [-0.05, 0) is 31.9 Å². The SMILES string of the molecule is COC(CNC(=O)C1CCCC1)c1ccc(C)s1. The molecule has 3 nitrogen and oxygen atoms in total. The number of nitrogens with one attached hydrogen (secondary N) is 1. The van der Waals surface area contributed by atoms with Gasteiger partial charge in [0.2, 0.25) is 5.91 Å². The number of thiophene rings is 1. The van der Waals surface area contributed by atoms with Gasteiger partial charge in [0, 0.05) is 29.3 Å². The summed E-state index contributed by atoms with van der Waals surface area (Å²) < 4.78 is 5.46.